The van der Waals surface area contributed by atoms with E-state index in [2.05, 4.69) is 4.90 Å². The summed E-state index contributed by atoms with van der Waals surface area (Å²) in [5.74, 6) is 0.320. The first-order valence-corrected chi connectivity index (χ1v) is 7.84. The van der Waals surface area contributed by atoms with Crippen LogP contribution >= 0.6 is 0 Å². The first-order valence-electron chi connectivity index (χ1n) is 7.84. The number of carbonyl (C=O) groups excluding carboxylic acids is 1. The maximum Gasteiger partial charge on any atom is 0.410 e. The Labute approximate surface area is 131 Å². The molecule has 2 saturated heterocycles. The Balaban J connectivity index is 1.75. The van der Waals surface area contributed by atoms with E-state index in [1.54, 1.807) is 11.9 Å². The number of likely N-dealkylation sites (tertiary alicyclic amines) is 1. The molecule has 2 heterocycles. The van der Waals surface area contributed by atoms with Gasteiger partial charge >= 0.3 is 6.09 Å². The number of aryl methyl sites for hydroxylation is 2. The predicted octanol–water partition coefficient (Wildman–Crippen LogP) is 2.43. The van der Waals surface area contributed by atoms with Gasteiger partial charge in [-0.05, 0) is 62.1 Å². The average molecular weight is 304 g/mol. The van der Waals surface area contributed by atoms with Crippen LogP contribution in [-0.4, -0.2) is 53.3 Å². The molecule has 1 atom stereocenters. The van der Waals surface area contributed by atoms with Crippen LogP contribution in [0.25, 0.3) is 0 Å². The van der Waals surface area contributed by atoms with Crippen molar-refractivity contribution in [1.29, 1.82) is 0 Å². The molecule has 0 unspecified atom stereocenters. The number of benzene rings is 1. The van der Waals surface area contributed by atoms with Crippen LogP contribution in [0, 0.1) is 13.8 Å². The van der Waals surface area contributed by atoms with Gasteiger partial charge in [0.1, 0.15) is 11.4 Å². The molecule has 5 nitrogen and oxygen atoms in total. The first kappa shape index (κ1) is 15.2. The summed E-state index contributed by atoms with van der Waals surface area (Å²) in [5.41, 5.74) is 3.13. The third-order valence-electron chi connectivity index (χ3n) is 4.82. The molecular formula is C17H24N2O3. The molecule has 1 N–H and O–H groups in total. The highest BCUT2D eigenvalue weighted by Crippen LogP contribution is 2.32. The summed E-state index contributed by atoms with van der Waals surface area (Å²) in [4.78, 5) is 15.7. The number of likely N-dealkylation sites (N-methyl/N-ethyl adjacent to an activating group) is 1. The van der Waals surface area contributed by atoms with Gasteiger partial charge in [-0.3, -0.25) is 4.90 Å². The van der Waals surface area contributed by atoms with Crippen molar-refractivity contribution in [3.05, 3.63) is 28.8 Å². The minimum Gasteiger partial charge on any atom is -0.508 e. The number of phenolic OH excluding ortho intramolecular Hbond substituents is 1. The van der Waals surface area contributed by atoms with E-state index in [1.165, 1.54) is 5.56 Å². The zero-order valence-corrected chi connectivity index (χ0v) is 13.6. The molecule has 0 radical (unpaired) electrons. The lowest BCUT2D eigenvalue weighted by Crippen LogP contribution is -2.50. The van der Waals surface area contributed by atoms with E-state index in [9.17, 15) is 9.90 Å². The molecule has 2 aliphatic rings. The number of aromatic hydroxyl groups is 1. The van der Waals surface area contributed by atoms with Crippen molar-refractivity contribution in [3.63, 3.8) is 0 Å². The Morgan fingerprint density at radius 1 is 1.27 bits per heavy atom. The van der Waals surface area contributed by atoms with Gasteiger partial charge in [-0.1, -0.05) is 0 Å². The van der Waals surface area contributed by atoms with Gasteiger partial charge in [0, 0.05) is 20.1 Å². The number of carbonyl (C=O) groups is 1. The lowest BCUT2D eigenvalue weighted by atomic mass is 9.91. The van der Waals surface area contributed by atoms with Crippen molar-refractivity contribution in [2.45, 2.75) is 38.8 Å². The Hall–Kier alpha value is -1.75. The molecule has 0 aliphatic carbocycles. The molecule has 1 aromatic rings. The second-order valence-electron chi connectivity index (χ2n) is 6.78. The Bertz CT molecular complexity index is 579. The third-order valence-corrected chi connectivity index (χ3v) is 4.82. The van der Waals surface area contributed by atoms with Gasteiger partial charge < -0.3 is 14.7 Å². The number of amides is 1. The van der Waals surface area contributed by atoms with Gasteiger partial charge in [0.2, 0.25) is 0 Å². The molecule has 1 amide bonds. The van der Waals surface area contributed by atoms with Gasteiger partial charge in [-0.2, -0.15) is 0 Å². The molecule has 0 saturated carbocycles. The second kappa shape index (κ2) is 5.47. The fourth-order valence-corrected chi connectivity index (χ4v) is 3.77. The van der Waals surface area contributed by atoms with Crippen LogP contribution in [-0.2, 0) is 11.3 Å². The molecule has 2 fully saturated rings. The lowest BCUT2D eigenvalue weighted by molar-refractivity contribution is -0.0114. The molecule has 0 bridgehead atoms. The Morgan fingerprint density at radius 3 is 2.55 bits per heavy atom. The van der Waals surface area contributed by atoms with Crippen LogP contribution < -0.4 is 0 Å². The molecule has 1 aromatic carbocycles. The quantitative estimate of drug-likeness (QED) is 0.912. The highest BCUT2D eigenvalue weighted by atomic mass is 16.6. The predicted molar refractivity (Wildman–Crippen MR) is 83.9 cm³/mol. The maximum atomic E-state index is 11.7. The van der Waals surface area contributed by atoms with E-state index in [0.29, 0.717) is 12.3 Å². The van der Waals surface area contributed by atoms with Crippen LogP contribution in [0.4, 0.5) is 4.79 Å². The number of hydrogen-bond acceptors (Lipinski definition) is 4. The van der Waals surface area contributed by atoms with Crippen molar-refractivity contribution in [3.8, 4) is 5.75 Å². The third kappa shape index (κ3) is 2.77. The van der Waals surface area contributed by atoms with Crippen LogP contribution in [0.15, 0.2) is 12.1 Å². The van der Waals surface area contributed by atoms with Gasteiger partial charge in [-0.25, -0.2) is 4.79 Å². The van der Waals surface area contributed by atoms with Crippen molar-refractivity contribution in [2.75, 3.05) is 26.7 Å². The van der Waals surface area contributed by atoms with Crippen LogP contribution in [0.1, 0.15) is 29.5 Å². The fraction of sp³-hybridized carbons (Fsp3) is 0.588. The molecule has 5 heteroatoms. The SMILES string of the molecule is Cc1cc(O)cc(C)c1CN1CCC[C@]2(C1)CN(C)C(=O)O2. The topological polar surface area (TPSA) is 53.0 Å². The number of rotatable bonds is 2. The summed E-state index contributed by atoms with van der Waals surface area (Å²) in [6, 6.07) is 3.62. The summed E-state index contributed by atoms with van der Waals surface area (Å²) in [6.07, 6.45) is 1.77. The van der Waals surface area contributed by atoms with E-state index < -0.39 is 0 Å². The summed E-state index contributed by atoms with van der Waals surface area (Å²) >= 11 is 0. The van der Waals surface area contributed by atoms with Crippen LogP contribution in [0.2, 0.25) is 0 Å². The van der Waals surface area contributed by atoms with Crippen LogP contribution in [0.3, 0.4) is 0 Å². The van der Waals surface area contributed by atoms with Crippen LogP contribution in [0.5, 0.6) is 5.75 Å². The standard InChI is InChI=1S/C17H24N2O3/c1-12-7-14(20)8-13(2)15(12)9-19-6-4-5-17(11-19)10-18(3)16(21)22-17/h7-8,20H,4-6,9-11H2,1-3H3/t17-/m1/s1. The average Bonchev–Trinajstić information content (AvgIpc) is 2.68. The van der Waals surface area contributed by atoms with Gasteiger partial charge in [0.15, 0.2) is 0 Å². The fourth-order valence-electron chi connectivity index (χ4n) is 3.77. The Morgan fingerprint density at radius 2 is 1.95 bits per heavy atom. The van der Waals surface area contributed by atoms with E-state index in [4.69, 9.17) is 4.74 Å². The zero-order chi connectivity index (χ0) is 15.9. The van der Waals surface area contributed by atoms with E-state index in [0.717, 1.165) is 43.6 Å². The molecule has 1 spiro atoms. The number of nitrogens with zero attached hydrogens (tertiary/aromatic N) is 2. The Kier molecular flexibility index (Phi) is 3.77. The van der Waals surface area contributed by atoms with Crippen molar-refractivity contribution >= 4 is 6.09 Å². The van der Waals surface area contributed by atoms with Gasteiger partial charge in [0.25, 0.3) is 0 Å². The molecule has 2 aliphatic heterocycles. The second-order valence-corrected chi connectivity index (χ2v) is 6.78. The minimum atomic E-state index is -0.344. The largest absolute Gasteiger partial charge is 0.508 e. The minimum absolute atomic E-state index is 0.209. The normalized spacial score (nSPS) is 25.8. The highest BCUT2D eigenvalue weighted by Gasteiger charge is 2.46. The smallest absolute Gasteiger partial charge is 0.410 e. The summed E-state index contributed by atoms with van der Waals surface area (Å²) in [7, 11) is 1.80. The lowest BCUT2D eigenvalue weighted by Gasteiger charge is -2.38. The van der Waals surface area contributed by atoms with E-state index >= 15 is 0 Å². The molecule has 0 aromatic heterocycles. The molecule has 120 valence electrons. The monoisotopic (exact) mass is 304 g/mol. The maximum absolute atomic E-state index is 11.7. The van der Waals surface area contributed by atoms with E-state index in [-0.39, 0.29) is 11.7 Å². The van der Waals surface area contributed by atoms with Crippen molar-refractivity contribution in [2.24, 2.45) is 0 Å². The van der Waals surface area contributed by atoms with Gasteiger partial charge in [0.05, 0.1) is 6.54 Å². The van der Waals surface area contributed by atoms with E-state index in [1.807, 2.05) is 26.0 Å². The van der Waals surface area contributed by atoms with Crippen molar-refractivity contribution < 1.29 is 14.6 Å². The summed E-state index contributed by atoms with van der Waals surface area (Å²) < 4.78 is 5.65. The summed E-state index contributed by atoms with van der Waals surface area (Å²) in [6.45, 7) is 7.37. The number of phenols is 1. The highest BCUT2D eigenvalue weighted by molar-refractivity contribution is 5.70. The summed E-state index contributed by atoms with van der Waals surface area (Å²) in [5, 5.41) is 9.67. The van der Waals surface area contributed by atoms with Crippen molar-refractivity contribution in [1.82, 2.24) is 9.80 Å². The number of piperidine rings is 1. The number of ether oxygens (including phenoxy) is 1. The first-order chi connectivity index (χ1) is 10.4. The number of hydrogen-bond donors (Lipinski definition) is 1. The zero-order valence-electron chi connectivity index (χ0n) is 13.6. The molecule has 3 rings (SSSR count). The molecular weight excluding hydrogens is 280 g/mol. The van der Waals surface area contributed by atoms with Gasteiger partial charge in [-0.15, -0.1) is 0 Å². The molecule has 22 heavy (non-hydrogen) atoms.